The minimum atomic E-state index is 0.954. The topological polar surface area (TPSA) is 12.5 Å². The van der Waals surface area contributed by atoms with E-state index in [0.29, 0.717) is 0 Å². The van der Waals surface area contributed by atoms with Gasteiger partial charge in [0.25, 0.3) is 0 Å². The van der Waals surface area contributed by atoms with E-state index in [-0.39, 0.29) is 0 Å². The standard InChI is InChI=1S/C11H16INO/c1-4-13(5-2)9-6-7-10(12)11(8-9)14-3/h6-8H,4-5H2,1-3H3. The van der Waals surface area contributed by atoms with Crippen LogP contribution in [0.3, 0.4) is 0 Å². The van der Waals surface area contributed by atoms with Gasteiger partial charge in [-0.25, -0.2) is 0 Å². The zero-order chi connectivity index (χ0) is 10.6. The monoisotopic (exact) mass is 305 g/mol. The van der Waals surface area contributed by atoms with Crippen molar-refractivity contribution >= 4 is 28.3 Å². The lowest BCUT2D eigenvalue weighted by molar-refractivity contribution is 0.412. The summed E-state index contributed by atoms with van der Waals surface area (Å²) >= 11 is 2.28. The summed E-state index contributed by atoms with van der Waals surface area (Å²) in [5, 5.41) is 0. The van der Waals surface area contributed by atoms with E-state index in [1.165, 1.54) is 5.69 Å². The van der Waals surface area contributed by atoms with Gasteiger partial charge in [0.15, 0.2) is 0 Å². The van der Waals surface area contributed by atoms with Crippen molar-refractivity contribution in [2.24, 2.45) is 0 Å². The van der Waals surface area contributed by atoms with Crippen molar-refractivity contribution in [3.05, 3.63) is 21.8 Å². The van der Waals surface area contributed by atoms with Gasteiger partial charge in [-0.3, -0.25) is 0 Å². The van der Waals surface area contributed by atoms with Gasteiger partial charge in [0.05, 0.1) is 10.7 Å². The van der Waals surface area contributed by atoms with Crippen molar-refractivity contribution in [2.75, 3.05) is 25.1 Å². The van der Waals surface area contributed by atoms with Gasteiger partial charge in [-0.15, -0.1) is 0 Å². The Labute approximate surface area is 99.4 Å². The van der Waals surface area contributed by atoms with Gasteiger partial charge in [0.2, 0.25) is 0 Å². The van der Waals surface area contributed by atoms with Crippen molar-refractivity contribution in [3.63, 3.8) is 0 Å². The summed E-state index contributed by atoms with van der Waals surface area (Å²) in [5.74, 6) is 0.954. The van der Waals surface area contributed by atoms with E-state index >= 15 is 0 Å². The molecule has 3 heteroatoms. The zero-order valence-electron chi connectivity index (χ0n) is 8.88. The lowest BCUT2D eigenvalue weighted by atomic mass is 10.2. The number of benzene rings is 1. The van der Waals surface area contributed by atoms with E-state index in [2.05, 4.69) is 59.5 Å². The number of methoxy groups -OCH3 is 1. The third kappa shape index (κ3) is 2.53. The smallest absolute Gasteiger partial charge is 0.134 e. The van der Waals surface area contributed by atoms with Crippen LogP contribution in [0.2, 0.25) is 0 Å². The normalized spacial score (nSPS) is 10.0. The molecule has 14 heavy (non-hydrogen) atoms. The molecule has 0 aliphatic rings. The molecule has 1 aromatic rings. The predicted octanol–water partition coefficient (Wildman–Crippen LogP) is 3.15. The van der Waals surface area contributed by atoms with Gasteiger partial charge in [0, 0.05) is 24.8 Å². The Bertz CT molecular complexity index is 297. The van der Waals surface area contributed by atoms with Gasteiger partial charge in [-0.05, 0) is 48.6 Å². The number of anilines is 1. The average molecular weight is 305 g/mol. The van der Waals surface area contributed by atoms with Crippen LogP contribution in [0.15, 0.2) is 18.2 Å². The van der Waals surface area contributed by atoms with Gasteiger partial charge in [0.1, 0.15) is 5.75 Å². The molecule has 0 saturated heterocycles. The van der Waals surface area contributed by atoms with Gasteiger partial charge < -0.3 is 9.64 Å². The minimum Gasteiger partial charge on any atom is -0.496 e. The second-order valence-electron chi connectivity index (χ2n) is 2.99. The van der Waals surface area contributed by atoms with Crippen LogP contribution in [-0.2, 0) is 0 Å². The molecule has 78 valence electrons. The van der Waals surface area contributed by atoms with E-state index in [4.69, 9.17) is 4.74 Å². The van der Waals surface area contributed by atoms with E-state index in [1.54, 1.807) is 7.11 Å². The van der Waals surface area contributed by atoms with E-state index in [9.17, 15) is 0 Å². The Hall–Kier alpha value is -0.450. The lowest BCUT2D eigenvalue weighted by Gasteiger charge is -2.21. The number of ether oxygens (including phenoxy) is 1. The lowest BCUT2D eigenvalue weighted by Crippen LogP contribution is -2.21. The molecule has 1 aromatic carbocycles. The molecular weight excluding hydrogens is 289 g/mol. The van der Waals surface area contributed by atoms with Gasteiger partial charge in [-0.1, -0.05) is 0 Å². The van der Waals surface area contributed by atoms with Crippen LogP contribution < -0.4 is 9.64 Å². The third-order valence-electron chi connectivity index (χ3n) is 2.26. The first-order chi connectivity index (χ1) is 6.72. The second kappa shape index (κ2) is 5.44. The number of hydrogen-bond donors (Lipinski definition) is 0. The van der Waals surface area contributed by atoms with Crippen molar-refractivity contribution < 1.29 is 4.74 Å². The number of rotatable bonds is 4. The maximum atomic E-state index is 5.29. The van der Waals surface area contributed by atoms with Crippen molar-refractivity contribution in [1.82, 2.24) is 0 Å². The summed E-state index contributed by atoms with van der Waals surface area (Å²) in [6, 6.07) is 6.32. The summed E-state index contributed by atoms with van der Waals surface area (Å²) in [6.45, 7) is 6.38. The first-order valence-electron chi connectivity index (χ1n) is 4.81. The molecule has 0 spiro atoms. The fourth-order valence-electron chi connectivity index (χ4n) is 1.43. The quantitative estimate of drug-likeness (QED) is 0.792. The third-order valence-corrected chi connectivity index (χ3v) is 3.15. The minimum absolute atomic E-state index is 0.954. The average Bonchev–Trinajstić information content (AvgIpc) is 2.22. The van der Waals surface area contributed by atoms with Gasteiger partial charge in [-0.2, -0.15) is 0 Å². The summed E-state index contributed by atoms with van der Waals surface area (Å²) in [6.07, 6.45) is 0. The summed E-state index contributed by atoms with van der Waals surface area (Å²) in [7, 11) is 1.71. The highest BCUT2D eigenvalue weighted by atomic mass is 127. The predicted molar refractivity (Wildman–Crippen MR) is 69.3 cm³/mol. The number of nitrogens with zero attached hydrogens (tertiary/aromatic N) is 1. The van der Waals surface area contributed by atoms with Crippen LogP contribution in [0.5, 0.6) is 5.75 Å². The highest BCUT2D eigenvalue weighted by molar-refractivity contribution is 14.1. The highest BCUT2D eigenvalue weighted by Gasteiger charge is 2.05. The highest BCUT2D eigenvalue weighted by Crippen LogP contribution is 2.26. The van der Waals surface area contributed by atoms with Crippen LogP contribution in [0.1, 0.15) is 13.8 Å². The summed E-state index contributed by atoms with van der Waals surface area (Å²) in [5.41, 5.74) is 1.23. The summed E-state index contributed by atoms with van der Waals surface area (Å²) in [4.78, 5) is 2.30. The Kier molecular flexibility index (Phi) is 4.51. The zero-order valence-corrected chi connectivity index (χ0v) is 11.0. The Morgan fingerprint density at radius 2 is 1.93 bits per heavy atom. The second-order valence-corrected chi connectivity index (χ2v) is 4.15. The molecule has 2 nitrogen and oxygen atoms in total. The van der Waals surface area contributed by atoms with Crippen LogP contribution in [0.25, 0.3) is 0 Å². The number of hydrogen-bond acceptors (Lipinski definition) is 2. The largest absolute Gasteiger partial charge is 0.496 e. The molecule has 0 saturated carbocycles. The van der Waals surface area contributed by atoms with Crippen LogP contribution >= 0.6 is 22.6 Å². The molecule has 1 rings (SSSR count). The molecule has 0 heterocycles. The Morgan fingerprint density at radius 1 is 1.29 bits per heavy atom. The molecule has 0 fully saturated rings. The fraction of sp³-hybridized carbons (Fsp3) is 0.455. The molecule has 0 N–H and O–H groups in total. The Balaban J connectivity index is 2.98. The summed E-state index contributed by atoms with van der Waals surface area (Å²) < 4.78 is 6.44. The van der Waals surface area contributed by atoms with E-state index in [1.807, 2.05) is 0 Å². The van der Waals surface area contributed by atoms with Crippen molar-refractivity contribution in [1.29, 1.82) is 0 Å². The van der Waals surface area contributed by atoms with Crippen LogP contribution in [-0.4, -0.2) is 20.2 Å². The molecule has 0 unspecified atom stereocenters. The maximum Gasteiger partial charge on any atom is 0.134 e. The number of halogens is 1. The molecule has 0 bridgehead atoms. The van der Waals surface area contributed by atoms with Gasteiger partial charge >= 0.3 is 0 Å². The molecule has 0 aliphatic heterocycles. The molecular formula is C11H16INO. The van der Waals surface area contributed by atoms with E-state index in [0.717, 1.165) is 22.4 Å². The maximum absolute atomic E-state index is 5.29. The van der Waals surface area contributed by atoms with Crippen LogP contribution in [0.4, 0.5) is 5.69 Å². The Morgan fingerprint density at radius 3 is 2.43 bits per heavy atom. The first-order valence-corrected chi connectivity index (χ1v) is 5.89. The molecule has 0 aliphatic carbocycles. The van der Waals surface area contributed by atoms with E-state index < -0.39 is 0 Å². The fourth-order valence-corrected chi connectivity index (χ4v) is 1.99. The molecule has 0 atom stereocenters. The SMILES string of the molecule is CCN(CC)c1ccc(I)c(OC)c1. The molecule has 0 amide bonds. The molecule has 0 radical (unpaired) electrons. The first kappa shape index (κ1) is 11.6. The van der Waals surface area contributed by atoms with Crippen molar-refractivity contribution in [3.8, 4) is 5.75 Å². The van der Waals surface area contributed by atoms with Crippen molar-refractivity contribution in [2.45, 2.75) is 13.8 Å². The molecule has 0 aromatic heterocycles. The van der Waals surface area contributed by atoms with Crippen LogP contribution in [0, 0.1) is 3.57 Å².